The van der Waals surface area contributed by atoms with Crippen LogP contribution in [-0.2, 0) is 12.8 Å². The molecule has 0 aliphatic carbocycles. The predicted molar refractivity (Wildman–Crippen MR) is 146 cm³/mol. The van der Waals surface area contributed by atoms with Crippen molar-refractivity contribution in [2.75, 3.05) is 0 Å². The Morgan fingerprint density at radius 3 is 2.25 bits per heavy atom. The van der Waals surface area contributed by atoms with Gasteiger partial charge in [-0.25, -0.2) is 14.5 Å². The van der Waals surface area contributed by atoms with Gasteiger partial charge in [-0.15, -0.1) is 13.2 Å². The molecule has 13 heteroatoms. The van der Waals surface area contributed by atoms with E-state index in [1.807, 2.05) is 19.1 Å². The summed E-state index contributed by atoms with van der Waals surface area (Å²) in [6.45, 7) is 1.98. The van der Waals surface area contributed by atoms with Gasteiger partial charge in [-0.05, 0) is 65.6 Å². The van der Waals surface area contributed by atoms with Gasteiger partial charge in [-0.1, -0.05) is 48.5 Å². The van der Waals surface area contributed by atoms with Gasteiger partial charge in [0.15, 0.2) is 11.5 Å². The lowest BCUT2D eigenvalue weighted by Gasteiger charge is -2.15. The molecule has 2 heterocycles. The lowest BCUT2D eigenvalue weighted by molar-refractivity contribution is -0.274. The highest BCUT2D eigenvalue weighted by molar-refractivity contribution is 5.89. The first-order chi connectivity index (χ1) is 20.8. The molecule has 0 unspecified atom stereocenters. The van der Waals surface area contributed by atoms with E-state index in [2.05, 4.69) is 14.8 Å². The smallest absolute Gasteiger partial charge is 0.488 e. The van der Waals surface area contributed by atoms with Crippen molar-refractivity contribution in [3.05, 3.63) is 114 Å². The van der Waals surface area contributed by atoms with Crippen molar-refractivity contribution >= 4 is 5.97 Å². The van der Waals surface area contributed by atoms with Gasteiger partial charge >= 0.3 is 18.5 Å². The summed E-state index contributed by atoms with van der Waals surface area (Å²) in [6, 6.07) is 22.1. The van der Waals surface area contributed by atoms with Crippen molar-refractivity contribution in [2.24, 2.45) is 0 Å². The summed E-state index contributed by atoms with van der Waals surface area (Å²) in [5, 5.41) is 12.9. The molecule has 2 aromatic heterocycles. The number of rotatable bonds is 8. The van der Waals surface area contributed by atoms with Crippen LogP contribution in [0, 0.1) is 6.92 Å². The number of hydrogen-bond acceptors (Lipinski definition) is 5. The third kappa shape index (κ3) is 6.66. The third-order valence-electron chi connectivity index (χ3n) is 6.53. The molecular weight excluding hydrogens is 592 g/mol. The highest BCUT2D eigenvalue weighted by Crippen LogP contribution is 2.35. The molecule has 5 rings (SSSR count). The SMILES string of the molecule is Cc1cc(-c2ccc(OC(F)(F)F)cc2)ccc1COc1ccccc1-c1cccc(-n2ncc(C(=O)O)c2C(F)(F)F)n1. The number of ether oxygens (including phenoxy) is 2. The second kappa shape index (κ2) is 11.7. The Morgan fingerprint density at radius 2 is 1.59 bits per heavy atom. The first kappa shape index (κ1) is 30.1. The molecule has 0 saturated carbocycles. The van der Waals surface area contributed by atoms with Crippen LogP contribution in [0.1, 0.15) is 27.2 Å². The zero-order valence-corrected chi connectivity index (χ0v) is 22.6. The highest BCUT2D eigenvalue weighted by Gasteiger charge is 2.41. The maximum atomic E-state index is 13.7. The number of benzene rings is 3. The molecule has 0 saturated heterocycles. The van der Waals surface area contributed by atoms with E-state index < -0.39 is 29.8 Å². The van der Waals surface area contributed by atoms with Crippen molar-refractivity contribution in [3.8, 4) is 39.7 Å². The summed E-state index contributed by atoms with van der Waals surface area (Å²) in [6.07, 6.45) is -9.15. The van der Waals surface area contributed by atoms with Crippen LogP contribution in [0.4, 0.5) is 26.3 Å². The van der Waals surface area contributed by atoms with Crippen molar-refractivity contribution in [1.29, 1.82) is 0 Å². The average Bonchev–Trinajstić information content (AvgIpc) is 3.43. The van der Waals surface area contributed by atoms with E-state index in [0.717, 1.165) is 16.7 Å². The molecule has 3 aromatic carbocycles. The van der Waals surface area contributed by atoms with Crippen LogP contribution in [0.3, 0.4) is 0 Å². The maximum absolute atomic E-state index is 13.7. The van der Waals surface area contributed by atoms with Crippen molar-refractivity contribution in [2.45, 2.75) is 26.1 Å². The lowest BCUT2D eigenvalue weighted by Crippen LogP contribution is -2.18. The number of hydrogen-bond donors (Lipinski definition) is 1. The standard InChI is InChI=1S/C31H21F6N3O4/c1-18-15-20(19-11-13-22(14-12-19)44-31(35,36)37)9-10-21(18)17-43-26-7-3-2-5-23(26)25-6-4-8-27(39-25)40-28(30(32,33)34)24(16-38-40)29(41)42/h2-16H,17H2,1H3,(H,41,42). The largest absolute Gasteiger partial charge is 0.573 e. The van der Waals surface area contributed by atoms with Crippen molar-refractivity contribution in [3.63, 3.8) is 0 Å². The molecule has 0 aliphatic heterocycles. The Labute approximate surface area is 245 Å². The minimum atomic E-state index is -5.00. The third-order valence-corrected chi connectivity index (χ3v) is 6.53. The second-order valence-electron chi connectivity index (χ2n) is 9.50. The molecule has 0 fully saturated rings. The van der Waals surface area contributed by atoms with E-state index in [-0.39, 0.29) is 23.9 Å². The summed E-state index contributed by atoms with van der Waals surface area (Å²) in [7, 11) is 0. The first-order valence-electron chi connectivity index (χ1n) is 12.8. The quantitative estimate of drug-likeness (QED) is 0.178. The van der Waals surface area contributed by atoms with E-state index in [1.54, 1.807) is 36.4 Å². The van der Waals surface area contributed by atoms with Gasteiger partial charge < -0.3 is 14.6 Å². The Morgan fingerprint density at radius 1 is 0.886 bits per heavy atom. The number of carbonyl (C=O) groups is 1. The Hall–Kier alpha value is -5.33. The molecule has 5 aromatic rings. The summed E-state index contributed by atoms with van der Waals surface area (Å²) >= 11 is 0. The lowest BCUT2D eigenvalue weighted by atomic mass is 10.00. The summed E-state index contributed by atoms with van der Waals surface area (Å²) in [5.74, 6) is -1.93. The topological polar surface area (TPSA) is 86.5 Å². The Balaban J connectivity index is 1.37. The van der Waals surface area contributed by atoms with Crippen LogP contribution in [0.2, 0.25) is 0 Å². The molecule has 226 valence electrons. The number of carboxylic acids is 1. The molecule has 0 amide bonds. The summed E-state index contributed by atoms with van der Waals surface area (Å²) < 4.78 is 89.0. The van der Waals surface area contributed by atoms with Crippen LogP contribution in [0.15, 0.2) is 91.1 Å². The Kier molecular flexibility index (Phi) is 8.05. The molecule has 0 radical (unpaired) electrons. The number of pyridine rings is 1. The molecule has 44 heavy (non-hydrogen) atoms. The van der Waals surface area contributed by atoms with Crippen LogP contribution in [-0.4, -0.2) is 32.2 Å². The fourth-order valence-corrected chi connectivity index (χ4v) is 4.49. The van der Waals surface area contributed by atoms with Crippen LogP contribution in [0.5, 0.6) is 11.5 Å². The number of aromatic nitrogens is 3. The average molecular weight is 614 g/mol. The molecule has 7 nitrogen and oxygen atoms in total. The second-order valence-corrected chi connectivity index (χ2v) is 9.50. The fraction of sp³-hybridized carbons (Fsp3) is 0.129. The minimum absolute atomic E-state index is 0.126. The summed E-state index contributed by atoms with van der Waals surface area (Å²) in [5.41, 5.74) is 1.42. The molecular formula is C31H21F6N3O4. The highest BCUT2D eigenvalue weighted by atomic mass is 19.4. The van der Waals surface area contributed by atoms with Crippen LogP contribution < -0.4 is 9.47 Å². The van der Waals surface area contributed by atoms with E-state index >= 15 is 0 Å². The molecule has 0 bridgehead atoms. The van der Waals surface area contributed by atoms with Gasteiger partial charge in [-0.3, -0.25) is 0 Å². The molecule has 1 N–H and O–H groups in total. The molecule has 0 aliphatic rings. The first-order valence-corrected chi connectivity index (χ1v) is 12.8. The number of halogens is 6. The Bertz CT molecular complexity index is 1810. The van der Waals surface area contributed by atoms with E-state index in [0.29, 0.717) is 27.8 Å². The fourth-order valence-electron chi connectivity index (χ4n) is 4.49. The molecule has 0 spiro atoms. The number of alkyl halides is 6. The number of nitrogens with zero attached hydrogens (tertiary/aromatic N) is 3. The van der Waals surface area contributed by atoms with Gasteiger partial charge in [0.1, 0.15) is 23.7 Å². The van der Waals surface area contributed by atoms with E-state index in [1.165, 1.54) is 36.4 Å². The predicted octanol–water partition coefficient (Wildman–Crippen LogP) is 8.10. The van der Waals surface area contributed by atoms with Gasteiger partial charge in [0, 0.05) is 5.56 Å². The zero-order chi connectivity index (χ0) is 31.6. The van der Waals surface area contributed by atoms with Crippen molar-refractivity contribution < 1.29 is 45.7 Å². The van der Waals surface area contributed by atoms with Gasteiger partial charge in [0.05, 0.1) is 11.9 Å². The van der Waals surface area contributed by atoms with Gasteiger partial charge in [0.25, 0.3) is 0 Å². The number of carboxylic acid groups (broad SMARTS) is 1. The maximum Gasteiger partial charge on any atom is 0.573 e. The monoisotopic (exact) mass is 613 g/mol. The van der Waals surface area contributed by atoms with Gasteiger partial charge in [-0.2, -0.15) is 18.3 Å². The van der Waals surface area contributed by atoms with Crippen molar-refractivity contribution in [1.82, 2.24) is 14.8 Å². The number of para-hydroxylation sites is 1. The normalized spacial score (nSPS) is 11.8. The van der Waals surface area contributed by atoms with Gasteiger partial charge in [0.2, 0.25) is 0 Å². The molecule has 0 atom stereocenters. The summed E-state index contributed by atoms with van der Waals surface area (Å²) in [4.78, 5) is 15.7. The van der Waals surface area contributed by atoms with Crippen LogP contribution >= 0.6 is 0 Å². The number of aromatic carboxylic acids is 1. The number of aryl methyl sites for hydroxylation is 1. The van der Waals surface area contributed by atoms with Crippen LogP contribution in [0.25, 0.3) is 28.2 Å². The van der Waals surface area contributed by atoms with E-state index in [9.17, 15) is 36.2 Å². The van der Waals surface area contributed by atoms with E-state index in [4.69, 9.17) is 4.74 Å². The minimum Gasteiger partial charge on any atom is -0.488 e. The zero-order valence-electron chi connectivity index (χ0n) is 22.6.